The number of nitrogens with zero attached hydrogens (tertiary/aromatic N) is 1. The minimum absolute atomic E-state index is 0.0644. The molecule has 0 bridgehead atoms. The first-order valence-electron chi connectivity index (χ1n) is 10.9. The smallest absolute Gasteiger partial charge is 0.261 e. The lowest BCUT2D eigenvalue weighted by Gasteiger charge is -2.33. The standard InChI is InChI=1S/C24H29Cl2N3O4S/c1-24(2,23(27)31)33-17-4-6-19(7-5-17)34-15-22(30)28-12-18-14-29(9-10-32-18)13-16-3-8-20(25)21(26)11-16/h3-8,11,18H,9-10,12-15H2,1-2H3,(H2,27,31)(H,28,30). The Balaban J connectivity index is 1.39. The number of nitrogens with one attached hydrogen (secondary N) is 1. The van der Waals surface area contributed by atoms with Crippen molar-refractivity contribution in [2.45, 2.75) is 37.0 Å². The highest BCUT2D eigenvalue weighted by Crippen LogP contribution is 2.25. The number of morpholine rings is 1. The van der Waals surface area contributed by atoms with Crippen LogP contribution in [0.25, 0.3) is 0 Å². The number of carbonyl (C=O) groups excluding carboxylic acids is 2. The summed E-state index contributed by atoms with van der Waals surface area (Å²) >= 11 is 13.5. The molecular weight excluding hydrogens is 497 g/mol. The molecule has 2 amide bonds. The van der Waals surface area contributed by atoms with Gasteiger partial charge in [0, 0.05) is 31.1 Å². The van der Waals surface area contributed by atoms with Gasteiger partial charge in [-0.3, -0.25) is 14.5 Å². The molecule has 34 heavy (non-hydrogen) atoms. The fourth-order valence-electron chi connectivity index (χ4n) is 3.32. The molecule has 0 aromatic heterocycles. The molecule has 1 aliphatic heterocycles. The molecule has 1 atom stereocenters. The molecule has 184 valence electrons. The molecule has 1 unspecified atom stereocenters. The Hall–Kier alpha value is -1.97. The number of thioether (sulfide) groups is 1. The first-order chi connectivity index (χ1) is 16.1. The van der Waals surface area contributed by atoms with Crippen LogP contribution < -0.4 is 15.8 Å². The number of hydrogen-bond donors (Lipinski definition) is 2. The zero-order chi connectivity index (χ0) is 24.7. The highest BCUT2D eigenvalue weighted by molar-refractivity contribution is 8.00. The predicted octanol–water partition coefficient (Wildman–Crippen LogP) is 3.75. The summed E-state index contributed by atoms with van der Waals surface area (Å²) < 4.78 is 11.4. The van der Waals surface area contributed by atoms with E-state index in [0.29, 0.717) is 28.9 Å². The fourth-order valence-corrected chi connectivity index (χ4v) is 4.37. The van der Waals surface area contributed by atoms with E-state index in [1.165, 1.54) is 11.8 Å². The predicted molar refractivity (Wildman–Crippen MR) is 136 cm³/mol. The number of nitrogens with two attached hydrogens (primary N) is 1. The summed E-state index contributed by atoms with van der Waals surface area (Å²) in [7, 11) is 0. The monoisotopic (exact) mass is 525 g/mol. The molecule has 1 heterocycles. The van der Waals surface area contributed by atoms with Gasteiger partial charge < -0.3 is 20.5 Å². The van der Waals surface area contributed by atoms with Gasteiger partial charge in [-0.15, -0.1) is 11.8 Å². The number of rotatable bonds is 10. The van der Waals surface area contributed by atoms with Crippen LogP contribution in [0.15, 0.2) is 47.4 Å². The summed E-state index contributed by atoms with van der Waals surface area (Å²) in [6.07, 6.45) is -0.0736. The van der Waals surface area contributed by atoms with Crippen LogP contribution in [0.4, 0.5) is 0 Å². The number of halogens is 2. The van der Waals surface area contributed by atoms with E-state index in [1.807, 2.05) is 24.3 Å². The molecule has 0 aliphatic carbocycles. The van der Waals surface area contributed by atoms with Crippen molar-refractivity contribution in [1.82, 2.24) is 10.2 Å². The number of ether oxygens (including phenoxy) is 2. The van der Waals surface area contributed by atoms with Gasteiger partial charge in [-0.05, 0) is 55.8 Å². The Morgan fingerprint density at radius 1 is 1.21 bits per heavy atom. The molecule has 7 nitrogen and oxygen atoms in total. The maximum atomic E-state index is 12.3. The second-order valence-corrected chi connectivity index (χ2v) is 10.4. The molecule has 0 spiro atoms. The molecule has 3 N–H and O–H groups in total. The van der Waals surface area contributed by atoms with Crippen LogP contribution in [0, 0.1) is 0 Å². The Kier molecular flexibility index (Phi) is 9.50. The average molecular weight is 526 g/mol. The third-order valence-corrected chi connectivity index (χ3v) is 7.05. The molecule has 0 radical (unpaired) electrons. The molecule has 10 heteroatoms. The van der Waals surface area contributed by atoms with Crippen LogP contribution in [-0.2, 0) is 20.9 Å². The Morgan fingerprint density at radius 2 is 1.94 bits per heavy atom. The van der Waals surface area contributed by atoms with Crippen molar-refractivity contribution < 1.29 is 19.1 Å². The van der Waals surface area contributed by atoms with Crippen LogP contribution >= 0.6 is 35.0 Å². The van der Waals surface area contributed by atoms with E-state index in [2.05, 4.69) is 10.2 Å². The second kappa shape index (κ2) is 12.1. The van der Waals surface area contributed by atoms with Crippen LogP contribution in [0.2, 0.25) is 10.0 Å². The van der Waals surface area contributed by atoms with Gasteiger partial charge in [0.2, 0.25) is 5.91 Å². The summed E-state index contributed by atoms with van der Waals surface area (Å²) in [6, 6.07) is 12.8. The van der Waals surface area contributed by atoms with Gasteiger partial charge in [-0.25, -0.2) is 0 Å². The fraction of sp³-hybridized carbons (Fsp3) is 0.417. The number of carbonyl (C=O) groups is 2. The molecule has 1 saturated heterocycles. The highest BCUT2D eigenvalue weighted by Gasteiger charge is 2.27. The van der Waals surface area contributed by atoms with E-state index in [1.54, 1.807) is 32.0 Å². The first kappa shape index (κ1) is 26.6. The summed E-state index contributed by atoms with van der Waals surface area (Å²) in [6.45, 7) is 6.57. The second-order valence-electron chi connectivity index (χ2n) is 8.52. The molecular formula is C24H29Cl2N3O4S. The normalized spacial score (nSPS) is 16.8. The van der Waals surface area contributed by atoms with Crippen molar-refractivity contribution in [2.75, 3.05) is 32.0 Å². The van der Waals surface area contributed by atoms with Gasteiger partial charge in [0.05, 0.1) is 28.5 Å². The summed E-state index contributed by atoms with van der Waals surface area (Å²) in [5.41, 5.74) is 5.33. The Bertz CT molecular complexity index is 1000. The van der Waals surface area contributed by atoms with Crippen molar-refractivity contribution in [3.05, 3.63) is 58.1 Å². The number of amides is 2. The van der Waals surface area contributed by atoms with E-state index >= 15 is 0 Å². The van der Waals surface area contributed by atoms with Gasteiger partial charge in [0.25, 0.3) is 5.91 Å². The van der Waals surface area contributed by atoms with E-state index < -0.39 is 11.5 Å². The van der Waals surface area contributed by atoms with Gasteiger partial charge in [0.1, 0.15) is 5.75 Å². The summed E-state index contributed by atoms with van der Waals surface area (Å²) in [4.78, 5) is 26.9. The van der Waals surface area contributed by atoms with Crippen molar-refractivity contribution in [3.8, 4) is 5.75 Å². The summed E-state index contributed by atoms with van der Waals surface area (Å²) in [5.74, 6) is 0.220. The maximum absolute atomic E-state index is 12.3. The SMILES string of the molecule is CC(C)(Oc1ccc(SCC(=O)NCC2CN(Cc3ccc(Cl)c(Cl)c3)CCO2)cc1)C(N)=O. The zero-order valence-corrected chi connectivity index (χ0v) is 21.5. The van der Waals surface area contributed by atoms with Crippen molar-refractivity contribution in [2.24, 2.45) is 5.73 Å². The van der Waals surface area contributed by atoms with E-state index in [-0.39, 0.29) is 17.8 Å². The van der Waals surface area contributed by atoms with E-state index in [0.717, 1.165) is 30.1 Å². The van der Waals surface area contributed by atoms with E-state index in [4.69, 9.17) is 38.4 Å². The minimum atomic E-state index is -1.09. The lowest BCUT2D eigenvalue weighted by Crippen LogP contribution is -2.47. The van der Waals surface area contributed by atoms with Gasteiger partial charge >= 0.3 is 0 Å². The third-order valence-electron chi connectivity index (χ3n) is 5.30. The van der Waals surface area contributed by atoms with E-state index in [9.17, 15) is 9.59 Å². The lowest BCUT2D eigenvalue weighted by molar-refractivity contribution is -0.130. The van der Waals surface area contributed by atoms with Crippen molar-refractivity contribution >= 4 is 46.8 Å². The first-order valence-corrected chi connectivity index (χ1v) is 12.6. The lowest BCUT2D eigenvalue weighted by atomic mass is 10.1. The molecule has 0 saturated carbocycles. The van der Waals surface area contributed by atoms with Crippen LogP contribution in [0.3, 0.4) is 0 Å². The Labute approximate surface area is 214 Å². The van der Waals surface area contributed by atoms with Crippen LogP contribution in [0.1, 0.15) is 19.4 Å². The minimum Gasteiger partial charge on any atom is -0.478 e. The topological polar surface area (TPSA) is 93.9 Å². The highest BCUT2D eigenvalue weighted by atomic mass is 35.5. The van der Waals surface area contributed by atoms with Gasteiger partial charge in [-0.1, -0.05) is 29.3 Å². The summed E-state index contributed by atoms with van der Waals surface area (Å²) in [5, 5.41) is 4.04. The average Bonchev–Trinajstić information content (AvgIpc) is 2.79. The number of benzene rings is 2. The molecule has 2 aromatic rings. The van der Waals surface area contributed by atoms with Gasteiger partial charge in [-0.2, -0.15) is 0 Å². The number of primary amides is 1. The maximum Gasteiger partial charge on any atom is 0.261 e. The van der Waals surface area contributed by atoms with Crippen molar-refractivity contribution in [3.63, 3.8) is 0 Å². The van der Waals surface area contributed by atoms with Crippen molar-refractivity contribution in [1.29, 1.82) is 0 Å². The zero-order valence-electron chi connectivity index (χ0n) is 19.2. The van der Waals surface area contributed by atoms with Gasteiger partial charge in [0.15, 0.2) is 5.60 Å². The van der Waals surface area contributed by atoms with Crippen LogP contribution in [0.5, 0.6) is 5.75 Å². The molecule has 2 aromatic carbocycles. The number of hydrogen-bond acceptors (Lipinski definition) is 6. The molecule has 1 fully saturated rings. The van der Waals surface area contributed by atoms with Crippen LogP contribution in [-0.4, -0.2) is 60.4 Å². The molecule has 1 aliphatic rings. The quantitative estimate of drug-likeness (QED) is 0.458. The molecule has 3 rings (SSSR count). The Morgan fingerprint density at radius 3 is 2.62 bits per heavy atom. The largest absolute Gasteiger partial charge is 0.478 e. The third kappa shape index (κ3) is 8.06.